The molecule has 0 aliphatic rings. The van der Waals surface area contributed by atoms with Crippen LogP contribution >= 0.6 is 11.8 Å². The van der Waals surface area contributed by atoms with Gasteiger partial charge in [0.25, 0.3) is 0 Å². The number of aryl methyl sites for hydroxylation is 1. The zero-order valence-electron chi connectivity index (χ0n) is 9.16. The molecule has 0 saturated carbocycles. The average molecular weight is 213 g/mol. The molecule has 0 amide bonds. The molecule has 0 bridgehead atoms. The lowest BCUT2D eigenvalue weighted by molar-refractivity contribution is 0.595. The Kier molecular flexibility index (Phi) is 5.04. The maximum atomic E-state index is 4.32. The van der Waals surface area contributed by atoms with Crippen LogP contribution in [-0.4, -0.2) is 28.3 Å². The molecule has 0 aliphatic carbocycles. The summed E-state index contributed by atoms with van der Waals surface area (Å²) in [7, 11) is 0. The Morgan fingerprint density at radius 3 is 3.07 bits per heavy atom. The highest BCUT2D eigenvalue weighted by Gasteiger charge is 2.05. The van der Waals surface area contributed by atoms with E-state index in [-0.39, 0.29) is 0 Å². The Hall–Kier alpha value is -0.480. The lowest BCUT2D eigenvalue weighted by Gasteiger charge is -2.08. The fourth-order valence-electron chi connectivity index (χ4n) is 1.33. The van der Waals surface area contributed by atoms with Gasteiger partial charge >= 0.3 is 0 Å². The van der Waals surface area contributed by atoms with Crippen molar-refractivity contribution in [1.82, 2.24) is 15.1 Å². The molecule has 1 unspecified atom stereocenters. The second kappa shape index (κ2) is 6.09. The summed E-state index contributed by atoms with van der Waals surface area (Å²) in [4.78, 5) is 0. The zero-order valence-corrected chi connectivity index (χ0v) is 9.97. The third-order valence-corrected chi connectivity index (χ3v) is 2.78. The molecule has 80 valence electrons. The van der Waals surface area contributed by atoms with Crippen molar-refractivity contribution in [1.29, 1.82) is 0 Å². The molecular weight excluding hydrogens is 194 g/mol. The van der Waals surface area contributed by atoms with E-state index in [1.54, 1.807) is 0 Å². The summed E-state index contributed by atoms with van der Waals surface area (Å²) in [6, 6.07) is 0.406. The van der Waals surface area contributed by atoms with E-state index >= 15 is 0 Å². The van der Waals surface area contributed by atoms with E-state index in [1.807, 2.05) is 22.6 Å². The van der Waals surface area contributed by atoms with Gasteiger partial charge in [0.15, 0.2) is 0 Å². The quantitative estimate of drug-likeness (QED) is 0.783. The minimum Gasteiger partial charge on any atom is -0.310 e. The first-order chi connectivity index (χ1) is 6.77. The SMILES string of the molecule is CCNC(C)c1cnn(CCSC)c1. The Morgan fingerprint density at radius 1 is 1.64 bits per heavy atom. The normalized spacial score (nSPS) is 13.1. The third-order valence-electron chi connectivity index (χ3n) is 2.19. The van der Waals surface area contributed by atoms with E-state index in [0.717, 1.165) is 18.8 Å². The molecule has 1 aromatic rings. The fourth-order valence-corrected chi connectivity index (χ4v) is 1.70. The number of hydrogen-bond donors (Lipinski definition) is 1. The molecule has 1 N–H and O–H groups in total. The monoisotopic (exact) mass is 213 g/mol. The number of rotatable bonds is 6. The summed E-state index contributed by atoms with van der Waals surface area (Å²) < 4.78 is 2.01. The van der Waals surface area contributed by atoms with Crippen molar-refractivity contribution in [3.05, 3.63) is 18.0 Å². The molecule has 0 radical (unpaired) electrons. The van der Waals surface area contributed by atoms with Crippen molar-refractivity contribution in [3.8, 4) is 0 Å². The van der Waals surface area contributed by atoms with Crippen LogP contribution in [0.5, 0.6) is 0 Å². The van der Waals surface area contributed by atoms with Crippen molar-refractivity contribution >= 4 is 11.8 Å². The van der Waals surface area contributed by atoms with E-state index in [0.29, 0.717) is 6.04 Å². The molecular formula is C10H19N3S. The maximum absolute atomic E-state index is 4.32. The summed E-state index contributed by atoms with van der Waals surface area (Å²) >= 11 is 1.85. The van der Waals surface area contributed by atoms with Gasteiger partial charge in [-0.25, -0.2) is 0 Å². The highest BCUT2D eigenvalue weighted by molar-refractivity contribution is 7.98. The van der Waals surface area contributed by atoms with E-state index in [1.165, 1.54) is 5.56 Å². The number of aromatic nitrogens is 2. The number of nitrogens with zero attached hydrogens (tertiary/aromatic N) is 2. The molecule has 0 saturated heterocycles. The summed E-state index contributed by atoms with van der Waals surface area (Å²) in [5, 5.41) is 7.69. The highest BCUT2D eigenvalue weighted by Crippen LogP contribution is 2.10. The summed E-state index contributed by atoms with van der Waals surface area (Å²) in [6.45, 7) is 6.28. The molecule has 1 rings (SSSR count). The van der Waals surface area contributed by atoms with Crippen LogP contribution in [-0.2, 0) is 6.54 Å². The van der Waals surface area contributed by atoms with Gasteiger partial charge in [-0.3, -0.25) is 4.68 Å². The van der Waals surface area contributed by atoms with Crippen LogP contribution in [0.15, 0.2) is 12.4 Å². The second-order valence-corrected chi connectivity index (χ2v) is 4.29. The Bertz CT molecular complexity index is 260. The summed E-state index contributed by atoms with van der Waals surface area (Å²) in [5.41, 5.74) is 1.27. The molecule has 0 aliphatic heterocycles. The Balaban J connectivity index is 2.49. The van der Waals surface area contributed by atoms with Crippen LogP contribution in [0.25, 0.3) is 0 Å². The van der Waals surface area contributed by atoms with Gasteiger partial charge < -0.3 is 5.32 Å². The van der Waals surface area contributed by atoms with Crippen molar-refractivity contribution in [2.24, 2.45) is 0 Å². The van der Waals surface area contributed by atoms with Gasteiger partial charge in [-0.05, 0) is 19.7 Å². The molecule has 1 aromatic heterocycles. The third kappa shape index (κ3) is 3.35. The van der Waals surface area contributed by atoms with Gasteiger partial charge in [0, 0.05) is 30.1 Å². The number of nitrogens with one attached hydrogen (secondary N) is 1. The van der Waals surface area contributed by atoms with Crippen molar-refractivity contribution in [2.75, 3.05) is 18.6 Å². The maximum Gasteiger partial charge on any atom is 0.0537 e. The Morgan fingerprint density at radius 2 is 2.43 bits per heavy atom. The van der Waals surface area contributed by atoms with Gasteiger partial charge in [0.05, 0.1) is 6.20 Å². The van der Waals surface area contributed by atoms with Gasteiger partial charge in [-0.1, -0.05) is 6.92 Å². The van der Waals surface area contributed by atoms with Gasteiger partial charge in [0.1, 0.15) is 0 Å². The fraction of sp³-hybridized carbons (Fsp3) is 0.700. The lowest BCUT2D eigenvalue weighted by Crippen LogP contribution is -2.17. The van der Waals surface area contributed by atoms with E-state index in [2.05, 4.69) is 36.7 Å². The zero-order chi connectivity index (χ0) is 10.4. The molecule has 14 heavy (non-hydrogen) atoms. The van der Waals surface area contributed by atoms with Crippen LogP contribution in [0.3, 0.4) is 0 Å². The molecule has 1 heterocycles. The Labute approximate surface area is 90.3 Å². The van der Waals surface area contributed by atoms with Crippen LogP contribution in [0.4, 0.5) is 0 Å². The van der Waals surface area contributed by atoms with Gasteiger partial charge in [0.2, 0.25) is 0 Å². The van der Waals surface area contributed by atoms with Crippen LogP contribution in [0.2, 0.25) is 0 Å². The van der Waals surface area contributed by atoms with Crippen LogP contribution in [0, 0.1) is 0 Å². The van der Waals surface area contributed by atoms with Gasteiger partial charge in [-0.2, -0.15) is 16.9 Å². The smallest absolute Gasteiger partial charge is 0.0537 e. The standard InChI is InChI=1S/C10H19N3S/c1-4-11-9(2)10-7-12-13(8-10)5-6-14-3/h7-9,11H,4-6H2,1-3H3. The average Bonchev–Trinajstić information content (AvgIpc) is 2.63. The predicted octanol–water partition coefficient (Wildman–Crippen LogP) is 1.92. The van der Waals surface area contributed by atoms with E-state index < -0.39 is 0 Å². The molecule has 0 fully saturated rings. The highest BCUT2D eigenvalue weighted by atomic mass is 32.2. The molecule has 0 aromatic carbocycles. The first-order valence-electron chi connectivity index (χ1n) is 5.02. The van der Waals surface area contributed by atoms with Crippen LogP contribution < -0.4 is 5.32 Å². The van der Waals surface area contributed by atoms with Crippen molar-refractivity contribution in [2.45, 2.75) is 26.4 Å². The van der Waals surface area contributed by atoms with E-state index in [9.17, 15) is 0 Å². The topological polar surface area (TPSA) is 29.9 Å². The summed E-state index contributed by atoms with van der Waals surface area (Å²) in [5.74, 6) is 1.12. The first kappa shape index (κ1) is 11.6. The minimum absolute atomic E-state index is 0.406. The molecule has 3 nitrogen and oxygen atoms in total. The van der Waals surface area contributed by atoms with E-state index in [4.69, 9.17) is 0 Å². The number of thioether (sulfide) groups is 1. The molecule has 0 spiro atoms. The molecule has 4 heteroatoms. The van der Waals surface area contributed by atoms with Crippen LogP contribution in [0.1, 0.15) is 25.5 Å². The van der Waals surface area contributed by atoms with Crippen molar-refractivity contribution in [3.63, 3.8) is 0 Å². The van der Waals surface area contributed by atoms with Gasteiger partial charge in [-0.15, -0.1) is 0 Å². The second-order valence-electron chi connectivity index (χ2n) is 3.31. The minimum atomic E-state index is 0.406. The largest absolute Gasteiger partial charge is 0.310 e. The lowest BCUT2D eigenvalue weighted by atomic mass is 10.2. The first-order valence-corrected chi connectivity index (χ1v) is 6.42. The number of hydrogen-bond acceptors (Lipinski definition) is 3. The molecule has 1 atom stereocenters. The summed E-state index contributed by atoms with van der Waals surface area (Å²) in [6.07, 6.45) is 6.20. The predicted molar refractivity (Wildman–Crippen MR) is 62.7 cm³/mol. The van der Waals surface area contributed by atoms with Crippen molar-refractivity contribution < 1.29 is 0 Å².